The van der Waals surface area contributed by atoms with E-state index in [1.54, 1.807) is 0 Å². The summed E-state index contributed by atoms with van der Waals surface area (Å²) in [6.45, 7) is 7.74. The highest BCUT2D eigenvalue weighted by Crippen LogP contribution is 2.18. The number of ether oxygens (including phenoxy) is 2. The summed E-state index contributed by atoms with van der Waals surface area (Å²) in [6.07, 6.45) is 9.83. The van der Waals surface area contributed by atoms with Crippen LogP contribution in [-0.4, -0.2) is 26.3 Å². The summed E-state index contributed by atoms with van der Waals surface area (Å²) in [5.74, 6) is 1.89. The third kappa shape index (κ3) is 10.4. The monoisotopic (exact) mass is 412 g/mol. The summed E-state index contributed by atoms with van der Waals surface area (Å²) in [7, 11) is 0. The Bertz CT molecular complexity index is 673. The van der Waals surface area contributed by atoms with Gasteiger partial charge in [0.2, 0.25) is 0 Å². The van der Waals surface area contributed by atoms with Gasteiger partial charge in [-0.25, -0.2) is 0 Å². The minimum atomic E-state index is 0.795. The van der Waals surface area contributed by atoms with Crippen molar-refractivity contribution in [2.45, 2.75) is 65.2 Å². The molecule has 0 saturated carbocycles. The molecule has 0 aliphatic carbocycles. The molecule has 2 N–H and O–H groups in total. The minimum Gasteiger partial charge on any atom is -0.494 e. The zero-order chi connectivity index (χ0) is 21.3. The maximum absolute atomic E-state index is 5.86. The van der Waals surface area contributed by atoms with Gasteiger partial charge in [-0.3, -0.25) is 0 Å². The second kappa shape index (κ2) is 15.5. The molecule has 0 heterocycles. The van der Waals surface area contributed by atoms with Crippen LogP contribution in [0.1, 0.15) is 65.2 Å². The predicted molar refractivity (Wildman–Crippen MR) is 129 cm³/mol. The molecule has 0 aliphatic rings. The lowest BCUT2D eigenvalue weighted by atomic mass is 10.2. The quantitative estimate of drug-likeness (QED) is 0.271. The lowest BCUT2D eigenvalue weighted by Crippen LogP contribution is -2.13. The number of rotatable bonds is 17. The Labute approximate surface area is 183 Å². The molecule has 0 radical (unpaired) electrons. The highest BCUT2D eigenvalue weighted by Gasteiger charge is 1.99. The van der Waals surface area contributed by atoms with Gasteiger partial charge < -0.3 is 20.1 Å². The SMILES string of the molecule is CCCCCCOc1ccc(NCCNc2cccc(OCCCCCC)c2)cc1. The van der Waals surface area contributed by atoms with E-state index in [-0.39, 0.29) is 0 Å². The molecule has 4 heteroatoms. The smallest absolute Gasteiger partial charge is 0.121 e. The van der Waals surface area contributed by atoms with E-state index in [9.17, 15) is 0 Å². The summed E-state index contributed by atoms with van der Waals surface area (Å²) in [4.78, 5) is 0. The molecule has 0 spiro atoms. The fourth-order valence-electron chi connectivity index (χ4n) is 3.22. The van der Waals surface area contributed by atoms with E-state index in [4.69, 9.17) is 9.47 Å². The highest BCUT2D eigenvalue weighted by atomic mass is 16.5. The lowest BCUT2D eigenvalue weighted by molar-refractivity contribution is 0.305. The van der Waals surface area contributed by atoms with Crippen molar-refractivity contribution in [1.29, 1.82) is 0 Å². The van der Waals surface area contributed by atoms with Crippen molar-refractivity contribution >= 4 is 11.4 Å². The van der Waals surface area contributed by atoms with Gasteiger partial charge in [0.25, 0.3) is 0 Å². The lowest BCUT2D eigenvalue weighted by Gasteiger charge is -2.12. The van der Waals surface area contributed by atoms with Crippen LogP contribution in [0.4, 0.5) is 11.4 Å². The number of hydrogen-bond acceptors (Lipinski definition) is 4. The third-order valence-corrected chi connectivity index (χ3v) is 5.00. The predicted octanol–water partition coefficient (Wildman–Crippen LogP) is 7.13. The molecule has 0 amide bonds. The standard InChI is InChI=1S/C26H40N2O2/c1-3-5-7-9-20-29-25-16-14-23(15-17-25)27-18-19-28-24-12-11-13-26(22-24)30-21-10-8-6-4-2/h11-17,22,27-28H,3-10,18-21H2,1-2H3. The van der Waals surface area contributed by atoms with E-state index in [1.165, 1.54) is 38.5 Å². The van der Waals surface area contributed by atoms with E-state index < -0.39 is 0 Å². The van der Waals surface area contributed by atoms with Crippen LogP contribution in [0.3, 0.4) is 0 Å². The molecule has 2 rings (SSSR count). The third-order valence-electron chi connectivity index (χ3n) is 5.00. The molecule has 0 fully saturated rings. The van der Waals surface area contributed by atoms with E-state index in [0.717, 1.165) is 62.0 Å². The maximum atomic E-state index is 5.86. The van der Waals surface area contributed by atoms with Crippen LogP contribution >= 0.6 is 0 Å². The van der Waals surface area contributed by atoms with Crippen molar-refractivity contribution in [2.75, 3.05) is 36.9 Å². The Balaban J connectivity index is 1.61. The first-order chi connectivity index (χ1) is 14.8. The van der Waals surface area contributed by atoms with Crippen molar-refractivity contribution in [1.82, 2.24) is 0 Å². The van der Waals surface area contributed by atoms with Crippen LogP contribution < -0.4 is 20.1 Å². The first-order valence-electron chi connectivity index (χ1n) is 11.7. The van der Waals surface area contributed by atoms with E-state index >= 15 is 0 Å². The Kier molecular flexibility index (Phi) is 12.3. The summed E-state index contributed by atoms with van der Waals surface area (Å²) in [5, 5.41) is 6.90. The molecular formula is C26H40N2O2. The van der Waals surface area contributed by atoms with Gasteiger partial charge in [0.15, 0.2) is 0 Å². The fourth-order valence-corrected chi connectivity index (χ4v) is 3.22. The number of hydrogen-bond donors (Lipinski definition) is 2. The largest absolute Gasteiger partial charge is 0.494 e. The van der Waals surface area contributed by atoms with Crippen LogP contribution in [0, 0.1) is 0 Å². The van der Waals surface area contributed by atoms with Gasteiger partial charge in [-0.15, -0.1) is 0 Å². The zero-order valence-electron chi connectivity index (χ0n) is 18.9. The van der Waals surface area contributed by atoms with Gasteiger partial charge >= 0.3 is 0 Å². The number of benzene rings is 2. The van der Waals surface area contributed by atoms with Gasteiger partial charge in [-0.05, 0) is 49.2 Å². The summed E-state index contributed by atoms with van der Waals surface area (Å²) in [5.41, 5.74) is 2.20. The molecule has 2 aromatic rings. The van der Waals surface area contributed by atoms with E-state index in [1.807, 2.05) is 24.3 Å². The van der Waals surface area contributed by atoms with E-state index in [0.29, 0.717) is 0 Å². The minimum absolute atomic E-state index is 0.795. The second-order valence-electron chi connectivity index (χ2n) is 7.72. The first kappa shape index (κ1) is 23.9. The molecular weight excluding hydrogens is 372 g/mol. The van der Waals surface area contributed by atoms with Gasteiger partial charge in [-0.1, -0.05) is 58.4 Å². The number of anilines is 2. The number of nitrogens with one attached hydrogen (secondary N) is 2. The average molecular weight is 413 g/mol. The van der Waals surface area contributed by atoms with Crippen LogP contribution in [0.2, 0.25) is 0 Å². The van der Waals surface area contributed by atoms with Crippen molar-refractivity contribution < 1.29 is 9.47 Å². The summed E-state index contributed by atoms with van der Waals surface area (Å²) in [6, 6.07) is 16.5. The molecule has 166 valence electrons. The van der Waals surface area contributed by atoms with Crippen molar-refractivity contribution in [3.05, 3.63) is 48.5 Å². The van der Waals surface area contributed by atoms with Crippen LogP contribution in [0.15, 0.2) is 48.5 Å². The molecule has 0 unspecified atom stereocenters. The topological polar surface area (TPSA) is 42.5 Å². The molecule has 2 aromatic carbocycles. The zero-order valence-corrected chi connectivity index (χ0v) is 18.9. The molecule has 30 heavy (non-hydrogen) atoms. The normalized spacial score (nSPS) is 10.6. The van der Waals surface area contributed by atoms with Crippen LogP contribution in [0.5, 0.6) is 11.5 Å². The Morgan fingerprint density at radius 3 is 1.83 bits per heavy atom. The first-order valence-corrected chi connectivity index (χ1v) is 11.7. The molecule has 0 saturated heterocycles. The highest BCUT2D eigenvalue weighted by molar-refractivity contribution is 5.49. The molecule has 4 nitrogen and oxygen atoms in total. The van der Waals surface area contributed by atoms with Gasteiger partial charge in [-0.2, -0.15) is 0 Å². The summed E-state index contributed by atoms with van der Waals surface area (Å²) < 4.78 is 11.7. The molecule has 0 bridgehead atoms. The molecule has 0 atom stereocenters. The van der Waals surface area contributed by atoms with Gasteiger partial charge in [0, 0.05) is 30.5 Å². The molecule has 0 aliphatic heterocycles. The number of unbranched alkanes of at least 4 members (excludes halogenated alkanes) is 6. The summed E-state index contributed by atoms with van der Waals surface area (Å²) >= 11 is 0. The van der Waals surface area contributed by atoms with Crippen molar-refractivity contribution in [3.8, 4) is 11.5 Å². The van der Waals surface area contributed by atoms with Gasteiger partial charge in [0.05, 0.1) is 13.2 Å². The van der Waals surface area contributed by atoms with Crippen LogP contribution in [-0.2, 0) is 0 Å². The Hall–Kier alpha value is -2.36. The van der Waals surface area contributed by atoms with Crippen molar-refractivity contribution in [3.63, 3.8) is 0 Å². The average Bonchev–Trinajstić information content (AvgIpc) is 2.78. The van der Waals surface area contributed by atoms with Gasteiger partial charge in [0.1, 0.15) is 11.5 Å². The molecule has 0 aromatic heterocycles. The second-order valence-corrected chi connectivity index (χ2v) is 7.72. The van der Waals surface area contributed by atoms with Crippen molar-refractivity contribution in [2.24, 2.45) is 0 Å². The fraction of sp³-hybridized carbons (Fsp3) is 0.538. The van der Waals surface area contributed by atoms with Crippen LogP contribution in [0.25, 0.3) is 0 Å². The Morgan fingerprint density at radius 2 is 1.20 bits per heavy atom. The Morgan fingerprint density at radius 1 is 0.600 bits per heavy atom. The maximum Gasteiger partial charge on any atom is 0.121 e. The van der Waals surface area contributed by atoms with E-state index in [2.05, 4.69) is 48.7 Å².